The van der Waals surface area contributed by atoms with Crippen LogP contribution >= 0.6 is 0 Å². The standard InChI is InChI=1S/C22H25BN6O/c1-28(16-18-5-2-3-7-19(18)23)22-17(6-4-9-27-22)15-26-10-8-20(21(24)25)29-11-13-30-14-12-29/h2-7,9,15,20H,11-14,16H2,1H3,(H3,24,25). The van der Waals surface area contributed by atoms with E-state index in [4.69, 9.17) is 23.7 Å². The Bertz CT molecular complexity index is 961. The molecule has 152 valence electrons. The molecule has 2 heterocycles. The van der Waals surface area contributed by atoms with Crippen LogP contribution < -0.4 is 16.1 Å². The van der Waals surface area contributed by atoms with Gasteiger partial charge in [-0.2, -0.15) is 0 Å². The average molecular weight is 400 g/mol. The SMILES string of the molecule is [B]c1ccccc1CN(C)c1ncccc1C=NC#CC(C(=N)N)N1CCOCC1. The molecule has 0 bridgehead atoms. The van der Waals surface area contributed by atoms with Gasteiger partial charge in [-0.25, -0.2) is 9.98 Å². The fraction of sp³-hybridized carbons (Fsp3) is 0.318. The Morgan fingerprint density at radius 2 is 2.13 bits per heavy atom. The highest BCUT2D eigenvalue weighted by molar-refractivity contribution is 6.33. The van der Waals surface area contributed by atoms with Crippen LogP contribution in [-0.4, -0.2) is 69.2 Å². The molecule has 0 aliphatic carbocycles. The first-order chi connectivity index (χ1) is 14.6. The predicted molar refractivity (Wildman–Crippen MR) is 122 cm³/mol. The van der Waals surface area contributed by atoms with Gasteiger partial charge in [0.15, 0.2) is 0 Å². The Balaban J connectivity index is 1.73. The van der Waals surface area contributed by atoms with Crippen LogP contribution in [0.5, 0.6) is 0 Å². The maximum atomic E-state index is 7.82. The summed E-state index contributed by atoms with van der Waals surface area (Å²) in [7, 11) is 8.03. The van der Waals surface area contributed by atoms with E-state index < -0.39 is 6.04 Å². The summed E-state index contributed by atoms with van der Waals surface area (Å²) in [4.78, 5) is 12.8. The van der Waals surface area contributed by atoms with Gasteiger partial charge >= 0.3 is 0 Å². The third-order valence-electron chi connectivity index (χ3n) is 4.82. The molecule has 3 rings (SSSR count). The van der Waals surface area contributed by atoms with E-state index in [1.54, 1.807) is 12.4 Å². The zero-order chi connectivity index (χ0) is 21.3. The molecule has 8 heteroatoms. The lowest BCUT2D eigenvalue weighted by Gasteiger charge is -2.30. The maximum absolute atomic E-state index is 7.82. The van der Waals surface area contributed by atoms with Crippen LogP contribution in [-0.2, 0) is 11.3 Å². The quantitative estimate of drug-likeness (QED) is 0.320. The first kappa shape index (κ1) is 21.6. The van der Waals surface area contributed by atoms with Crippen molar-refractivity contribution in [3.8, 4) is 12.0 Å². The van der Waals surface area contributed by atoms with Crippen LogP contribution in [0, 0.1) is 17.4 Å². The summed E-state index contributed by atoms with van der Waals surface area (Å²) >= 11 is 0. The number of amidine groups is 1. The third kappa shape index (κ3) is 5.69. The number of pyridine rings is 1. The van der Waals surface area contributed by atoms with Crippen molar-refractivity contribution in [2.24, 2.45) is 10.7 Å². The van der Waals surface area contributed by atoms with Gasteiger partial charge in [0, 0.05) is 50.7 Å². The van der Waals surface area contributed by atoms with E-state index in [0.717, 1.165) is 22.4 Å². The maximum Gasteiger partial charge on any atom is 0.137 e. The lowest BCUT2D eigenvalue weighted by molar-refractivity contribution is 0.0367. The zero-order valence-electron chi connectivity index (χ0n) is 17.1. The van der Waals surface area contributed by atoms with E-state index in [2.05, 4.69) is 21.9 Å². The molecule has 1 unspecified atom stereocenters. The molecule has 1 aromatic carbocycles. The topological polar surface area (TPSA) is 90.8 Å². The molecular weight excluding hydrogens is 375 g/mol. The molecule has 1 atom stereocenters. The monoisotopic (exact) mass is 400 g/mol. The van der Waals surface area contributed by atoms with E-state index in [9.17, 15) is 0 Å². The highest BCUT2D eigenvalue weighted by Crippen LogP contribution is 2.16. The normalized spacial score (nSPS) is 15.4. The highest BCUT2D eigenvalue weighted by atomic mass is 16.5. The van der Waals surface area contributed by atoms with Gasteiger partial charge in [0.1, 0.15) is 25.5 Å². The second kappa shape index (κ2) is 10.6. The number of hydrogen-bond acceptors (Lipinski definition) is 6. The van der Waals surface area contributed by atoms with Gasteiger partial charge < -0.3 is 15.4 Å². The summed E-state index contributed by atoms with van der Waals surface area (Å²) in [5.74, 6) is 3.77. The molecule has 1 aliphatic heterocycles. The van der Waals surface area contributed by atoms with Gasteiger partial charge in [0.2, 0.25) is 0 Å². The Labute approximate surface area is 178 Å². The predicted octanol–water partition coefficient (Wildman–Crippen LogP) is 0.528. The Hall–Kier alpha value is -3.15. The molecule has 0 amide bonds. The molecule has 2 aromatic rings. The molecule has 7 nitrogen and oxygen atoms in total. The van der Waals surface area contributed by atoms with E-state index in [1.165, 1.54) is 0 Å². The van der Waals surface area contributed by atoms with Crippen molar-refractivity contribution in [1.29, 1.82) is 5.41 Å². The third-order valence-corrected chi connectivity index (χ3v) is 4.82. The van der Waals surface area contributed by atoms with Crippen LogP contribution in [0.4, 0.5) is 5.82 Å². The second-order valence-corrected chi connectivity index (χ2v) is 6.99. The number of rotatable bonds is 6. The van der Waals surface area contributed by atoms with Gasteiger partial charge in [0.05, 0.1) is 13.2 Å². The molecule has 0 saturated carbocycles. The number of nitrogens with two attached hydrogens (primary N) is 1. The van der Waals surface area contributed by atoms with E-state index in [0.29, 0.717) is 32.8 Å². The number of anilines is 1. The van der Waals surface area contributed by atoms with Crippen molar-refractivity contribution < 1.29 is 4.74 Å². The molecule has 1 saturated heterocycles. The van der Waals surface area contributed by atoms with E-state index in [1.807, 2.05) is 53.2 Å². The first-order valence-electron chi connectivity index (χ1n) is 9.75. The Morgan fingerprint density at radius 3 is 2.87 bits per heavy atom. The molecule has 30 heavy (non-hydrogen) atoms. The zero-order valence-corrected chi connectivity index (χ0v) is 17.1. The van der Waals surface area contributed by atoms with Crippen molar-refractivity contribution in [3.63, 3.8) is 0 Å². The lowest BCUT2D eigenvalue weighted by atomic mass is 9.90. The minimum atomic E-state index is -0.455. The summed E-state index contributed by atoms with van der Waals surface area (Å²) < 4.78 is 5.35. The molecule has 1 aliphatic rings. The number of aliphatic imine (C=N–C) groups is 1. The molecular formula is C22H25BN6O. The van der Waals surface area contributed by atoms with Gasteiger partial charge in [0.25, 0.3) is 0 Å². The summed E-state index contributed by atoms with van der Waals surface area (Å²) in [6, 6.07) is 13.9. The van der Waals surface area contributed by atoms with Gasteiger partial charge in [-0.3, -0.25) is 10.3 Å². The lowest BCUT2D eigenvalue weighted by Crippen LogP contribution is -2.48. The molecule has 3 N–H and O–H groups in total. The van der Waals surface area contributed by atoms with Gasteiger partial charge in [-0.15, -0.1) is 0 Å². The second-order valence-electron chi connectivity index (χ2n) is 6.99. The Kier molecular flexibility index (Phi) is 7.60. The highest BCUT2D eigenvalue weighted by Gasteiger charge is 2.21. The van der Waals surface area contributed by atoms with Crippen LogP contribution in [0.25, 0.3) is 0 Å². The number of benzene rings is 1. The molecule has 1 fully saturated rings. The van der Waals surface area contributed by atoms with Crippen molar-refractivity contribution in [2.75, 3.05) is 38.3 Å². The van der Waals surface area contributed by atoms with Crippen LogP contribution in [0.2, 0.25) is 0 Å². The van der Waals surface area contributed by atoms with Crippen molar-refractivity contribution in [1.82, 2.24) is 9.88 Å². The number of hydrogen-bond donors (Lipinski definition) is 2. The number of morpholine rings is 1. The summed E-state index contributed by atoms with van der Waals surface area (Å²) in [6.07, 6.45) is 3.42. The fourth-order valence-corrected chi connectivity index (χ4v) is 3.24. The molecule has 0 spiro atoms. The molecule has 2 radical (unpaired) electrons. The summed E-state index contributed by atoms with van der Waals surface area (Å²) in [6.45, 7) is 3.25. The summed E-state index contributed by atoms with van der Waals surface area (Å²) in [5.41, 5.74) is 8.35. The molecule has 1 aromatic heterocycles. The summed E-state index contributed by atoms with van der Waals surface area (Å²) in [5, 5.41) is 7.82. The van der Waals surface area contributed by atoms with Crippen molar-refractivity contribution in [2.45, 2.75) is 12.6 Å². The van der Waals surface area contributed by atoms with Gasteiger partial charge in [-0.05, 0) is 17.7 Å². The van der Waals surface area contributed by atoms with Crippen molar-refractivity contribution in [3.05, 3.63) is 53.7 Å². The van der Waals surface area contributed by atoms with Crippen molar-refractivity contribution >= 4 is 31.2 Å². The van der Waals surface area contributed by atoms with Crippen LogP contribution in [0.3, 0.4) is 0 Å². The fourth-order valence-electron chi connectivity index (χ4n) is 3.24. The van der Waals surface area contributed by atoms with Crippen LogP contribution in [0.1, 0.15) is 11.1 Å². The van der Waals surface area contributed by atoms with Gasteiger partial charge in [-0.1, -0.05) is 35.6 Å². The van der Waals surface area contributed by atoms with E-state index in [-0.39, 0.29) is 5.84 Å². The largest absolute Gasteiger partial charge is 0.385 e. The van der Waals surface area contributed by atoms with Crippen LogP contribution in [0.15, 0.2) is 47.6 Å². The minimum absolute atomic E-state index is 0.0156. The first-order valence-corrected chi connectivity index (χ1v) is 9.75. The Morgan fingerprint density at radius 1 is 1.37 bits per heavy atom. The number of ether oxygens (including phenoxy) is 1. The van der Waals surface area contributed by atoms with E-state index >= 15 is 0 Å². The number of nitrogens with zero attached hydrogens (tertiary/aromatic N) is 4. The average Bonchev–Trinajstić information content (AvgIpc) is 2.76. The number of nitrogens with one attached hydrogen (secondary N) is 1. The number of aromatic nitrogens is 1. The smallest absolute Gasteiger partial charge is 0.137 e. The minimum Gasteiger partial charge on any atom is -0.385 e.